The minimum Gasteiger partial charge on any atom is -0.497 e. The first-order valence-electron chi connectivity index (χ1n) is 5.43. The summed E-state index contributed by atoms with van der Waals surface area (Å²) in [6.07, 6.45) is 0.293. The summed E-state index contributed by atoms with van der Waals surface area (Å²) >= 11 is 0. The Morgan fingerprint density at radius 1 is 1.06 bits per heavy atom. The fourth-order valence-electron chi connectivity index (χ4n) is 1.23. The first-order valence-corrected chi connectivity index (χ1v) is 5.43. The molecule has 0 bridgehead atoms. The Morgan fingerprint density at radius 3 is 2.06 bits per heavy atom. The number of methoxy groups -OCH3 is 2. The molecule has 0 aromatic heterocycles. The lowest BCUT2D eigenvalue weighted by atomic mass is 10.2. The summed E-state index contributed by atoms with van der Waals surface area (Å²) in [5.41, 5.74) is 4.92. The Balaban J connectivity index is 2.81. The number of hydrogen-bond donors (Lipinski definition) is 2. The molecule has 0 aliphatic rings. The van der Waals surface area contributed by atoms with E-state index in [4.69, 9.17) is 9.47 Å². The summed E-state index contributed by atoms with van der Waals surface area (Å²) < 4.78 is 10.1. The quantitative estimate of drug-likeness (QED) is 0.780. The van der Waals surface area contributed by atoms with Gasteiger partial charge in [-0.3, -0.25) is 20.4 Å². The van der Waals surface area contributed by atoms with Crippen molar-refractivity contribution in [2.24, 2.45) is 0 Å². The smallest absolute Gasteiger partial charge is 0.269 e. The molecule has 98 valence electrons. The van der Waals surface area contributed by atoms with Crippen LogP contribution in [0, 0.1) is 0 Å². The summed E-state index contributed by atoms with van der Waals surface area (Å²) in [6.45, 7) is 1.69. The molecule has 0 heterocycles. The van der Waals surface area contributed by atoms with Crippen LogP contribution in [0.2, 0.25) is 0 Å². The summed E-state index contributed by atoms with van der Waals surface area (Å²) in [7, 11) is 2.99. The van der Waals surface area contributed by atoms with E-state index in [9.17, 15) is 9.59 Å². The molecule has 1 rings (SSSR count). The molecule has 0 radical (unpaired) electrons. The van der Waals surface area contributed by atoms with Crippen LogP contribution in [0.25, 0.3) is 0 Å². The molecule has 1 aromatic carbocycles. The number of benzene rings is 1. The molecule has 0 unspecified atom stereocenters. The van der Waals surface area contributed by atoms with Crippen LogP contribution in [0.3, 0.4) is 0 Å². The third kappa shape index (κ3) is 3.65. The number of hydrogen-bond acceptors (Lipinski definition) is 4. The SMILES string of the molecule is CCC(=O)NNC(=O)c1cc(OC)cc(OC)c1. The number of nitrogens with one attached hydrogen (secondary N) is 2. The highest BCUT2D eigenvalue weighted by Crippen LogP contribution is 2.22. The predicted octanol–water partition coefficient (Wildman–Crippen LogP) is 0.875. The second-order valence-electron chi connectivity index (χ2n) is 3.46. The zero-order chi connectivity index (χ0) is 13.5. The molecular formula is C12H16N2O4. The largest absolute Gasteiger partial charge is 0.497 e. The number of carbonyl (C=O) groups is 2. The van der Waals surface area contributed by atoms with Gasteiger partial charge < -0.3 is 9.47 Å². The van der Waals surface area contributed by atoms with Crippen molar-refractivity contribution in [3.63, 3.8) is 0 Å². The molecule has 0 saturated carbocycles. The summed E-state index contributed by atoms with van der Waals surface area (Å²) in [6, 6.07) is 4.76. The number of hydrazine groups is 1. The number of ether oxygens (including phenoxy) is 2. The first kappa shape index (κ1) is 13.8. The van der Waals surface area contributed by atoms with Crippen LogP contribution in [0.4, 0.5) is 0 Å². The van der Waals surface area contributed by atoms with E-state index in [-0.39, 0.29) is 5.91 Å². The van der Waals surface area contributed by atoms with E-state index in [0.717, 1.165) is 0 Å². The highest BCUT2D eigenvalue weighted by molar-refractivity contribution is 5.96. The fraction of sp³-hybridized carbons (Fsp3) is 0.333. The number of amides is 2. The molecule has 2 N–H and O–H groups in total. The van der Waals surface area contributed by atoms with Crippen molar-refractivity contribution in [3.8, 4) is 11.5 Å². The highest BCUT2D eigenvalue weighted by atomic mass is 16.5. The Bertz CT molecular complexity index is 423. The summed E-state index contributed by atoms with van der Waals surface area (Å²) in [5, 5.41) is 0. The molecule has 0 spiro atoms. The average Bonchev–Trinajstić information content (AvgIpc) is 2.43. The molecular weight excluding hydrogens is 236 g/mol. The third-order valence-electron chi connectivity index (χ3n) is 2.25. The van der Waals surface area contributed by atoms with Crippen molar-refractivity contribution >= 4 is 11.8 Å². The van der Waals surface area contributed by atoms with Crippen molar-refractivity contribution in [3.05, 3.63) is 23.8 Å². The fourth-order valence-corrected chi connectivity index (χ4v) is 1.23. The Morgan fingerprint density at radius 2 is 1.61 bits per heavy atom. The monoisotopic (exact) mass is 252 g/mol. The van der Waals surface area contributed by atoms with Crippen molar-refractivity contribution in [2.75, 3.05) is 14.2 Å². The van der Waals surface area contributed by atoms with E-state index in [2.05, 4.69) is 10.9 Å². The van der Waals surface area contributed by atoms with Gasteiger partial charge in [-0.1, -0.05) is 6.92 Å². The van der Waals surface area contributed by atoms with Crippen molar-refractivity contribution in [1.29, 1.82) is 0 Å². The van der Waals surface area contributed by atoms with E-state index in [0.29, 0.717) is 23.5 Å². The van der Waals surface area contributed by atoms with Gasteiger partial charge in [0.2, 0.25) is 5.91 Å². The normalized spacial score (nSPS) is 9.50. The van der Waals surface area contributed by atoms with Gasteiger partial charge in [0.1, 0.15) is 11.5 Å². The molecule has 6 heteroatoms. The van der Waals surface area contributed by atoms with Crippen LogP contribution in [0.5, 0.6) is 11.5 Å². The Labute approximate surface area is 105 Å². The topological polar surface area (TPSA) is 76.7 Å². The third-order valence-corrected chi connectivity index (χ3v) is 2.25. The van der Waals surface area contributed by atoms with Gasteiger partial charge >= 0.3 is 0 Å². The Hall–Kier alpha value is -2.24. The molecule has 2 amide bonds. The van der Waals surface area contributed by atoms with Gasteiger partial charge in [-0.25, -0.2) is 0 Å². The Kier molecular flexibility index (Phi) is 4.98. The van der Waals surface area contributed by atoms with Gasteiger partial charge in [-0.2, -0.15) is 0 Å². The molecule has 0 aliphatic heterocycles. The molecule has 0 fully saturated rings. The van der Waals surface area contributed by atoms with Gasteiger partial charge in [-0.15, -0.1) is 0 Å². The maximum Gasteiger partial charge on any atom is 0.269 e. The molecule has 6 nitrogen and oxygen atoms in total. The van der Waals surface area contributed by atoms with E-state index in [1.54, 1.807) is 25.1 Å². The zero-order valence-electron chi connectivity index (χ0n) is 10.6. The van der Waals surface area contributed by atoms with Crippen molar-refractivity contribution in [1.82, 2.24) is 10.9 Å². The minimum atomic E-state index is -0.436. The lowest BCUT2D eigenvalue weighted by molar-refractivity contribution is -0.121. The molecule has 0 saturated heterocycles. The molecule has 0 atom stereocenters. The van der Waals surface area contributed by atoms with Crippen LogP contribution in [-0.2, 0) is 4.79 Å². The van der Waals surface area contributed by atoms with Gasteiger partial charge in [0, 0.05) is 18.1 Å². The zero-order valence-corrected chi connectivity index (χ0v) is 10.6. The van der Waals surface area contributed by atoms with E-state index in [1.165, 1.54) is 14.2 Å². The van der Waals surface area contributed by atoms with E-state index in [1.807, 2.05) is 0 Å². The van der Waals surface area contributed by atoms with Gasteiger partial charge in [0.15, 0.2) is 0 Å². The summed E-state index contributed by atoms with van der Waals surface area (Å²) in [4.78, 5) is 22.8. The maximum absolute atomic E-state index is 11.8. The first-order chi connectivity index (χ1) is 8.60. The van der Waals surface area contributed by atoms with Crippen LogP contribution in [0.15, 0.2) is 18.2 Å². The second-order valence-corrected chi connectivity index (χ2v) is 3.46. The number of rotatable bonds is 4. The number of carbonyl (C=O) groups excluding carboxylic acids is 2. The van der Waals surface area contributed by atoms with Gasteiger partial charge in [-0.05, 0) is 12.1 Å². The van der Waals surface area contributed by atoms with Crippen LogP contribution >= 0.6 is 0 Å². The van der Waals surface area contributed by atoms with E-state index < -0.39 is 5.91 Å². The minimum absolute atomic E-state index is 0.266. The second kappa shape index (κ2) is 6.48. The maximum atomic E-state index is 11.8. The standard InChI is InChI=1S/C12H16N2O4/c1-4-11(15)13-14-12(16)8-5-9(17-2)7-10(6-8)18-3/h5-7H,4H2,1-3H3,(H,13,15)(H,14,16). The molecule has 0 aliphatic carbocycles. The lowest BCUT2D eigenvalue weighted by Crippen LogP contribution is -2.41. The molecule has 18 heavy (non-hydrogen) atoms. The van der Waals surface area contributed by atoms with Crippen molar-refractivity contribution in [2.45, 2.75) is 13.3 Å². The summed E-state index contributed by atoms with van der Waals surface area (Å²) in [5.74, 6) is 0.301. The average molecular weight is 252 g/mol. The van der Waals surface area contributed by atoms with Crippen LogP contribution in [0.1, 0.15) is 23.7 Å². The predicted molar refractivity (Wildman–Crippen MR) is 65.4 cm³/mol. The van der Waals surface area contributed by atoms with Crippen LogP contribution < -0.4 is 20.3 Å². The van der Waals surface area contributed by atoms with Gasteiger partial charge in [0.05, 0.1) is 14.2 Å². The highest BCUT2D eigenvalue weighted by Gasteiger charge is 2.10. The van der Waals surface area contributed by atoms with Crippen molar-refractivity contribution < 1.29 is 19.1 Å². The molecule has 1 aromatic rings. The van der Waals surface area contributed by atoms with E-state index >= 15 is 0 Å². The van der Waals surface area contributed by atoms with Gasteiger partial charge in [0.25, 0.3) is 5.91 Å². The lowest BCUT2D eigenvalue weighted by Gasteiger charge is -2.09. The van der Waals surface area contributed by atoms with Crippen LogP contribution in [-0.4, -0.2) is 26.0 Å².